The molecule has 230 valence electrons. The second-order valence-electron chi connectivity index (χ2n) is 10.8. The predicted molar refractivity (Wildman–Crippen MR) is 179 cm³/mol. The summed E-state index contributed by atoms with van der Waals surface area (Å²) in [7, 11) is -4.19. The molecule has 1 unspecified atom stereocenters. The summed E-state index contributed by atoms with van der Waals surface area (Å²) in [4.78, 5) is 29.7. The van der Waals surface area contributed by atoms with Crippen molar-refractivity contribution in [3.8, 4) is 0 Å². The van der Waals surface area contributed by atoms with Crippen LogP contribution in [0, 0.1) is 6.92 Å². The highest BCUT2D eigenvalue weighted by Gasteiger charge is 2.35. The van der Waals surface area contributed by atoms with E-state index in [1.165, 1.54) is 23.1 Å². The van der Waals surface area contributed by atoms with Gasteiger partial charge < -0.3 is 10.2 Å². The lowest BCUT2D eigenvalue weighted by Gasteiger charge is -2.34. The highest BCUT2D eigenvalue weighted by Crippen LogP contribution is 2.29. The fourth-order valence-corrected chi connectivity index (χ4v) is 6.57. The first kappa shape index (κ1) is 33.2. The lowest BCUT2D eigenvalue weighted by molar-refractivity contribution is -0.140. The van der Waals surface area contributed by atoms with Crippen LogP contribution in [0.2, 0.25) is 5.02 Å². The summed E-state index contributed by atoms with van der Waals surface area (Å²) in [6.07, 6.45) is 0.240. The topological polar surface area (TPSA) is 86.8 Å². The molecule has 0 bridgehead atoms. The average molecular weight is 697 g/mol. The molecule has 44 heavy (non-hydrogen) atoms. The van der Waals surface area contributed by atoms with Crippen molar-refractivity contribution >= 4 is 55.1 Å². The summed E-state index contributed by atoms with van der Waals surface area (Å²) in [6, 6.07) is 28.6. The molecule has 0 heterocycles. The highest BCUT2D eigenvalue weighted by atomic mass is 79.9. The molecule has 0 spiro atoms. The average Bonchev–Trinajstić information content (AvgIpc) is 3.00. The minimum absolute atomic E-state index is 0.0299. The molecule has 0 aliphatic heterocycles. The van der Waals surface area contributed by atoms with Crippen LogP contribution >= 0.6 is 27.5 Å². The van der Waals surface area contributed by atoms with Gasteiger partial charge in [0.25, 0.3) is 10.0 Å². The zero-order valence-corrected chi connectivity index (χ0v) is 27.9. The van der Waals surface area contributed by atoms with Crippen molar-refractivity contribution in [2.45, 2.75) is 50.7 Å². The van der Waals surface area contributed by atoms with Crippen molar-refractivity contribution in [3.63, 3.8) is 0 Å². The number of carbonyl (C=O) groups excluding carboxylic acids is 2. The number of benzene rings is 4. The Balaban J connectivity index is 1.81. The Kier molecular flexibility index (Phi) is 11.2. The number of amides is 2. The molecule has 7 nitrogen and oxygen atoms in total. The molecule has 0 aliphatic carbocycles. The van der Waals surface area contributed by atoms with E-state index in [9.17, 15) is 18.0 Å². The third-order valence-corrected chi connectivity index (χ3v) is 9.75. The zero-order chi connectivity index (χ0) is 31.9. The van der Waals surface area contributed by atoms with Crippen LogP contribution in [0.3, 0.4) is 0 Å². The normalized spacial score (nSPS) is 12.0. The first-order chi connectivity index (χ1) is 21.0. The van der Waals surface area contributed by atoms with E-state index in [4.69, 9.17) is 11.6 Å². The van der Waals surface area contributed by atoms with Crippen molar-refractivity contribution in [1.82, 2.24) is 10.2 Å². The fraction of sp³-hybridized carbons (Fsp3) is 0.235. The summed E-state index contributed by atoms with van der Waals surface area (Å²) in [5.41, 5.74) is 2.66. The van der Waals surface area contributed by atoms with E-state index in [0.717, 1.165) is 25.5 Å². The monoisotopic (exact) mass is 695 g/mol. The van der Waals surface area contributed by atoms with Gasteiger partial charge in [-0.1, -0.05) is 94.3 Å². The molecule has 4 aromatic carbocycles. The van der Waals surface area contributed by atoms with Gasteiger partial charge in [-0.3, -0.25) is 13.9 Å². The first-order valence-electron chi connectivity index (χ1n) is 14.2. The lowest BCUT2D eigenvalue weighted by Crippen LogP contribution is -2.54. The number of aryl methyl sites for hydroxylation is 1. The molecule has 0 aromatic heterocycles. The lowest BCUT2D eigenvalue weighted by atomic mass is 10.0. The molecular formula is C34H35BrClN3O4S. The number of nitrogens with zero attached hydrogens (tertiary/aromatic N) is 2. The van der Waals surface area contributed by atoms with Crippen molar-refractivity contribution in [1.29, 1.82) is 0 Å². The summed E-state index contributed by atoms with van der Waals surface area (Å²) >= 11 is 9.88. The third-order valence-electron chi connectivity index (χ3n) is 7.02. The highest BCUT2D eigenvalue weighted by molar-refractivity contribution is 9.10. The van der Waals surface area contributed by atoms with Crippen molar-refractivity contribution in [2.24, 2.45) is 0 Å². The van der Waals surface area contributed by atoms with E-state index in [1.807, 2.05) is 75.4 Å². The maximum absolute atomic E-state index is 14.4. The smallest absolute Gasteiger partial charge is 0.264 e. The van der Waals surface area contributed by atoms with Gasteiger partial charge in [0.1, 0.15) is 12.6 Å². The van der Waals surface area contributed by atoms with Crippen LogP contribution in [0.15, 0.2) is 112 Å². The molecule has 0 aliphatic rings. The standard InChI is InChI=1S/C34H35BrClN3O4S/c1-24(2)37-34(41)32(20-26-10-6-4-7-11-26)38(22-27-15-17-28(35)18-16-27)33(40)23-39(29-19-14-25(3)31(36)21-29)44(42,43)30-12-8-5-9-13-30/h4-19,21,24,32H,20,22-23H2,1-3H3,(H,37,41). The van der Waals surface area contributed by atoms with E-state index in [-0.39, 0.29) is 35.5 Å². The maximum Gasteiger partial charge on any atom is 0.264 e. The molecule has 0 radical (unpaired) electrons. The Bertz CT molecular complexity index is 1690. The van der Waals surface area contributed by atoms with Crippen molar-refractivity contribution < 1.29 is 18.0 Å². The molecule has 4 rings (SSSR count). The van der Waals surface area contributed by atoms with E-state index in [2.05, 4.69) is 21.2 Å². The number of nitrogens with one attached hydrogen (secondary N) is 1. The SMILES string of the molecule is Cc1ccc(N(CC(=O)N(Cc2ccc(Br)cc2)C(Cc2ccccc2)C(=O)NC(C)C)S(=O)(=O)c2ccccc2)cc1Cl. The van der Waals surface area contributed by atoms with Crippen LogP contribution in [0.5, 0.6) is 0 Å². The first-order valence-corrected chi connectivity index (χ1v) is 16.8. The molecule has 0 fully saturated rings. The molecule has 2 amide bonds. The van der Waals surface area contributed by atoms with Gasteiger partial charge in [-0.05, 0) is 73.9 Å². The quantitative estimate of drug-likeness (QED) is 0.177. The van der Waals surface area contributed by atoms with Crippen LogP contribution in [-0.4, -0.2) is 43.8 Å². The number of hydrogen-bond donors (Lipinski definition) is 1. The molecule has 10 heteroatoms. The summed E-state index contributed by atoms with van der Waals surface area (Å²) in [5, 5.41) is 3.33. The summed E-state index contributed by atoms with van der Waals surface area (Å²) in [6.45, 7) is 5.06. The Morgan fingerprint density at radius 2 is 1.48 bits per heavy atom. The molecule has 0 saturated heterocycles. The largest absolute Gasteiger partial charge is 0.352 e. The number of carbonyl (C=O) groups is 2. The number of rotatable bonds is 12. The van der Waals surface area contributed by atoms with Gasteiger partial charge in [0, 0.05) is 28.5 Å². The van der Waals surface area contributed by atoms with Gasteiger partial charge in [-0.25, -0.2) is 8.42 Å². The van der Waals surface area contributed by atoms with Crippen LogP contribution < -0.4 is 9.62 Å². The number of sulfonamides is 1. The maximum atomic E-state index is 14.4. The van der Waals surface area contributed by atoms with E-state index in [0.29, 0.717) is 5.02 Å². The van der Waals surface area contributed by atoms with Gasteiger partial charge >= 0.3 is 0 Å². The minimum Gasteiger partial charge on any atom is -0.352 e. The molecule has 1 atom stereocenters. The van der Waals surface area contributed by atoms with Crippen LogP contribution in [-0.2, 0) is 32.6 Å². The number of anilines is 1. The second-order valence-corrected chi connectivity index (χ2v) is 14.0. The number of hydrogen-bond acceptors (Lipinski definition) is 4. The van der Waals surface area contributed by atoms with Crippen LogP contribution in [0.1, 0.15) is 30.5 Å². The summed E-state index contributed by atoms with van der Waals surface area (Å²) < 4.78 is 30.0. The third kappa shape index (κ3) is 8.49. The van der Waals surface area contributed by atoms with Gasteiger partial charge in [0.15, 0.2) is 0 Å². The van der Waals surface area contributed by atoms with Gasteiger partial charge in [-0.2, -0.15) is 0 Å². The van der Waals surface area contributed by atoms with Crippen LogP contribution in [0.25, 0.3) is 0 Å². The van der Waals surface area contributed by atoms with Crippen molar-refractivity contribution in [2.75, 3.05) is 10.8 Å². The fourth-order valence-electron chi connectivity index (χ4n) is 4.71. The van der Waals surface area contributed by atoms with Gasteiger partial charge in [0.05, 0.1) is 10.6 Å². The van der Waals surface area contributed by atoms with Crippen molar-refractivity contribution in [3.05, 3.63) is 129 Å². The van der Waals surface area contributed by atoms with Gasteiger partial charge in [0.2, 0.25) is 11.8 Å². The van der Waals surface area contributed by atoms with Crippen LogP contribution in [0.4, 0.5) is 5.69 Å². The van der Waals surface area contributed by atoms with E-state index < -0.39 is 28.5 Å². The predicted octanol–water partition coefficient (Wildman–Crippen LogP) is 6.77. The number of halogens is 2. The summed E-state index contributed by atoms with van der Waals surface area (Å²) in [5.74, 6) is -0.867. The van der Waals surface area contributed by atoms with E-state index >= 15 is 0 Å². The molecule has 1 N–H and O–H groups in total. The van der Waals surface area contributed by atoms with E-state index in [1.54, 1.807) is 30.3 Å². The molecule has 4 aromatic rings. The zero-order valence-electron chi connectivity index (χ0n) is 24.8. The second kappa shape index (κ2) is 14.9. The Labute approximate surface area is 273 Å². The van der Waals surface area contributed by atoms with Gasteiger partial charge in [-0.15, -0.1) is 0 Å². The molecular weight excluding hydrogens is 662 g/mol. The Morgan fingerprint density at radius 1 is 0.864 bits per heavy atom. The Hall–Kier alpha value is -3.66. The Morgan fingerprint density at radius 3 is 2.07 bits per heavy atom. The molecule has 0 saturated carbocycles. The minimum atomic E-state index is -4.19.